The fourth-order valence-corrected chi connectivity index (χ4v) is 18.6. The van der Waals surface area contributed by atoms with Crippen LogP contribution in [-0.2, 0) is 0 Å². The van der Waals surface area contributed by atoms with Gasteiger partial charge in [-0.25, -0.2) is 0 Å². The number of terminal acetylenes is 1. The fourth-order valence-electron chi connectivity index (χ4n) is 17.0. The zero-order valence-corrected chi connectivity index (χ0v) is 73.8. The second-order valence-corrected chi connectivity index (χ2v) is 32.9. The second kappa shape index (κ2) is 42.7. The summed E-state index contributed by atoms with van der Waals surface area (Å²) in [5.74, 6) is 2.76. The maximum Gasteiger partial charge on any atom is 0.489 e. The molecular weight excluding hydrogens is 1770 g/mol. The molecule has 129 heavy (non-hydrogen) atoms. The highest BCUT2D eigenvalue weighted by atomic mass is 79.9. The highest BCUT2D eigenvalue weighted by Crippen LogP contribution is 2.44. The first kappa shape index (κ1) is 90.8. The maximum absolute atomic E-state index is 11.1. The summed E-state index contributed by atoms with van der Waals surface area (Å²) in [6.07, 6.45) is 7.32. The average Bonchev–Trinajstić information content (AvgIpc) is 0.735. The van der Waals surface area contributed by atoms with Crippen molar-refractivity contribution in [3.05, 3.63) is 485 Å². The Labute approximate surface area is 782 Å². The van der Waals surface area contributed by atoms with Crippen molar-refractivity contribution in [2.24, 2.45) is 0 Å². The average molecular weight is 1860 g/mol. The van der Waals surface area contributed by atoms with E-state index in [0.717, 1.165) is 64.6 Å². The topological polar surface area (TPSA) is 74.6 Å². The molecule has 0 aliphatic rings. The number of benzene rings is 23. The van der Waals surface area contributed by atoms with Crippen LogP contribution in [0.1, 0.15) is 42.6 Å². The molecule has 0 amide bonds. The van der Waals surface area contributed by atoms with Gasteiger partial charge < -0.3 is 10.0 Å². The minimum atomic E-state index is -1.40. The Morgan fingerprint density at radius 1 is 0.240 bits per heavy atom. The SMILES string of the molecule is Brc1cc2cc(Br)c3ccccc3c2c2ccccc12.C.C.C#Cc1ccccc1-c1cccc2ccccc12.O=Cc1ccccc1-c1cccc2ccccc12.O=Cc1ccccc1Br.OB(O)c1cccc2ccccc12.[2HH].[B].c1ccc(-c2cc3cc(-c4ccccc4)c4ccccc4c3c3ccccc23)cc1.c1ccc2c(c1)ccc1ccc3ccccc3c12. The van der Waals surface area contributed by atoms with Crippen molar-refractivity contribution < 1.29 is 21.1 Å². The highest BCUT2D eigenvalue weighted by molar-refractivity contribution is 9.11. The van der Waals surface area contributed by atoms with E-state index in [1.165, 1.54) is 146 Å². The molecule has 23 aromatic carbocycles. The minimum absolute atomic E-state index is 0. The van der Waals surface area contributed by atoms with Gasteiger partial charge in [-0.2, -0.15) is 0 Å². The van der Waals surface area contributed by atoms with Crippen molar-refractivity contribution in [2.45, 2.75) is 14.9 Å². The van der Waals surface area contributed by atoms with Gasteiger partial charge in [-0.3, -0.25) is 9.59 Å². The van der Waals surface area contributed by atoms with Crippen molar-refractivity contribution in [1.82, 2.24) is 0 Å². The summed E-state index contributed by atoms with van der Waals surface area (Å²) >= 11 is 10.6. The van der Waals surface area contributed by atoms with E-state index in [0.29, 0.717) is 11.0 Å². The number of carbonyl (C=O) groups is 2. The van der Waals surface area contributed by atoms with Crippen molar-refractivity contribution in [3.63, 3.8) is 0 Å². The van der Waals surface area contributed by atoms with Crippen LogP contribution in [0.25, 0.3) is 174 Å². The second-order valence-electron chi connectivity index (χ2n) is 30.4. The first-order valence-electron chi connectivity index (χ1n) is 41.6. The monoisotopic (exact) mass is 1850 g/mol. The van der Waals surface area contributed by atoms with Gasteiger partial charge >= 0.3 is 7.12 Å². The predicted molar refractivity (Wildman–Crippen MR) is 570 cm³/mol. The van der Waals surface area contributed by atoms with Crippen LogP contribution in [0.15, 0.2) is 468 Å². The largest absolute Gasteiger partial charge is 0.489 e. The summed E-state index contributed by atoms with van der Waals surface area (Å²) in [4.78, 5) is 21.3. The Kier molecular flexibility index (Phi) is 30.1. The molecule has 0 fully saturated rings. The van der Waals surface area contributed by atoms with Crippen molar-refractivity contribution in [1.29, 1.82) is 0 Å². The lowest BCUT2D eigenvalue weighted by Crippen LogP contribution is -2.30. The molecule has 0 aromatic heterocycles. The molecule has 9 heteroatoms. The van der Waals surface area contributed by atoms with E-state index in [4.69, 9.17) is 16.5 Å². The quantitative estimate of drug-likeness (QED) is 0.0722. The molecule has 2 N–H and O–H groups in total. The van der Waals surface area contributed by atoms with E-state index in [1.807, 2.05) is 115 Å². The van der Waals surface area contributed by atoms with Crippen LogP contribution in [0.5, 0.6) is 0 Å². The van der Waals surface area contributed by atoms with E-state index in [1.54, 1.807) is 12.1 Å². The van der Waals surface area contributed by atoms with Crippen LogP contribution >= 0.6 is 47.8 Å². The molecule has 0 saturated carbocycles. The normalized spacial score (nSPS) is 10.5. The lowest BCUT2D eigenvalue weighted by molar-refractivity contribution is 0.111. The third-order valence-corrected chi connectivity index (χ3v) is 24.9. The first-order chi connectivity index (χ1) is 62.0. The number of halogens is 3. The molecule has 0 spiro atoms. The molecule has 0 saturated heterocycles. The van der Waals surface area contributed by atoms with Crippen LogP contribution < -0.4 is 5.46 Å². The Hall–Kier alpha value is -14.4. The van der Waals surface area contributed by atoms with Gasteiger partial charge in [-0.15, -0.1) is 6.42 Å². The lowest BCUT2D eigenvalue weighted by atomic mass is 9.77. The standard InChI is InChI=1S/C30H20.C18H10Br2.2C18H12.C17H12O.C10H9BO2.C7H5BrO.2CH4.B.H2/c1-3-11-21(12-4-1)28-19-23-20-29(22-13-5-2-6-14-22)25-16-8-10-18-27(25)30(23)26-17-9-7-15-24(26)28;19-16-9-11-10-17(20)13-6-2-4-8-15(13)18(11)14-7-3-1-5-12(14)16;1-3-7-16-13(5-1)9-11-15-12-10-14-6-2-4-8-17(14)18(15)16;1-2-14-8-3-5-11-16(14)18-13-7-10-15-9-4-6-12-17(15)18;18-12-14-7-2-4-10-16(14)17-11-5-8-13-6-1-3-9-15(13)17;12-11(13)10-7-3-5-8-4-1-2-6-9(8)10;8-7-4-2-1-3-6(7)5-9;;;;/h1-20H;1-10H;1-12H;1,3-13H;1-12H;1-7,12-13H;1-5H;2*1H4;;1H/i;;;;;;;;;;1+1. The maximum atomic E-state index is 11.1. The molecule has 0 atom stereocenters. The van der Waals surface area contributed by atoms with Gasteiger partial charge in [0.15, 0.2) is 12.6 Å². The number of carbonyl (C=O) groups excluding carboxylic acids is 2. The molecule has 0 aliphatic carbocycles. The third-order valence-electron chi connectivity index (χ3n) is 22.9. The molecule has 4 nitrogen and oxygen atoms in total. The zero-order valence-electron chi connectivity index (χ0n) is 69.0. The van der Waals surface area contributed by atoms with Gasteiger partial charge in [0.1, 0.15) is 0 Å². The summed E-state index contributed by atoms with van der Waals surface area (Å²) in [5, 5.41) is 48.4. The van der Waals surface area contributed by atoms with Crippen molar-refractivity contribution in [2.75, 3.05) is 0 Å². The zero-order chi connectivity index (χ0) is 86.2. The van der Waals surface area contributed by atoms with Gasteiger partial charge in [0.05, 0.1) is 0 Å². The van der Waals surface area contributed by atoms with E-state index < -0.39 is 7.12 Å². The minimum Gasteiger partial charge on any atom is -0.423 e. The summed E-state index contributed by atoms with van der Waals surface area (Å²) in [5.41, 5.74) is 12.4. The molecule has 23 aromatic rings. The number of hydrogen-bond donors (Lipinski definition) is 2. The first-order valence-corrected chi connectivity index (χ1v) is 44.0. The van der Waals surface area contributed by atoms with Crippen LogP contribution in [0, 0.1) is 12.3 Å². The number of fused-ring (bicyclic) bond motifs is 18. The van der Waals surface area contributed by atoms with E-state index in [9.17, 15) is 9.59 Å². The Balaban J connectivity index is 0.000000132. The summed E-state index contributed by atoms with van der Waals surface area (Å²) in [7, 11) is -1.40. The van der Waals surface area contributed by atoms with Crippen LogP contribution in [0.2, 0.25) is 0 Å². The van der Waals surface area contributed by atoms with Gasteiger partial charge in [-0.05, 0) is 216 Å². The Bertz CT molecular complexity index is 7740. The molecule has 0 bridgehead atoms. The molecule has 23 rings (SSSR count). The number of rotatable bonds is 7. The molecular formula is C120H90B2Br3O4. The van der Waals surface area contributed by atoms with E-state index in [2.05, 4.69) is 381 Å². The third kappa shape index (κ3) is 19.7. The van der Waals surface area contributed by atoms with Gasteiger partial charge in [0.2, 0.25) is 0 Å². The van der Waals surface area contributed by atoms with Gasteiger partial charge in [-0.1, -0.05) is 487 Å². The van der Waals surface area contributed by atoms with Crippen molar-refractivity contribution >= 4 is 211 Å². The summed E-state index contributed by atoms with van der Waals surface area (Å²) in [6, 6.07) is 157. The fraction of sp³-hybridized carbons (Fsp3) is 0.0167. The molecule has 621 valence electrons. The predicted octanol–water partition coefficient (Wildman–Crippen LogP) is 33.0. The molecule has 0 heterocycles. The molecule has 0 unspecified atom stereocenters. The van der Waals surface area contributed by atoms with E-state index >= 15 is 0 Å². The highest BCUT2D eigenvalue weighted by Gasteiger charge is 2.18. The van der Waals surface area contributed by atoms with Crippen LogP contribution in [0.3, 0.4) is 0 Å². The smallest absolute Gasteiger partial charge is 0.423 e. The number of hydrogen-bond acceptors (Lipinski definition) is 4. The van der Waals surface area contributed by atoms with Gasteiger partial charge in [0, 0.05) is 39.9 Å². The van der Waals surface area contributed by atoms with Crippen LogP contribution in [0.4, 0.5) is 0 Å². The number of aldehydes is 2. The van der Waals surface area contributed by atoms with Gasteiger partial charge in [0.25, 0.3) is 0 Å². The molecule has 3 radical (unpaired) electrons. The summed E-state index contributed by atoms with van der Waals surface area (Å²) in [6.45, 7) is 0. The van der Waals surface area contributed by atoms with Crippen LogP contribution in [-0.4, -0.2) is 38.2 Å². The molecule has 0 aliphatic heterocycles. The van der Waals surface area contributed by atoms with E-state index in [-0.39, 0.29) is 24.7 Å². The van der Waals surface area contributed by atoms with Crippen molar-refractivity contribution in [3.8, 4) is 56.9 Å². The lowest BCUT2D eigenvalue weighted by Gasteiger charge is -2.16. The Morgan fingerprint density at radius 2 is 0.535 bits per heavy atom. The summed E-state index contributed by atoms with van der Waals surface area (Å²) < 4.78 is 3.13. The Morgan fingerprint density at radius 3 is 0.969 bits per heavy atom.